The fourth-order valence-electron chi connectivity index (χ4n) is 5.30. The Bertz CT molecular complexity index is 516. The minimum Gasteiger partial charge on any atom is -0.369 e. The molecule has 19 heavy (non-hydrogen) atoms. The Morgan fingerprint density at radius 1 is 0.842 bits per heavy atom. The summed E-state index contributed by atoms with van der Waals surface area (Å²) in [5, 5.41) is 0.642. The first kappa shape index (κ1) is 12.9. The lowest BCUT2D eigenvalue weighted by Crippen LogP contribution is -2.46. The predicted octanol–water partition coefficient (Wildman–Crippen LogP) is 4.48. The van der Waals surface area contributed by atoms with Gasteiger partial charge in [0.1, 0.15) is 9.75 Å². The van der Waals surface area contributed by atoms with Crippen molar-refractivity contribution in [3.63, 3.8) is 0 Å². The summed E-state index contributed by atoms with van der Waals surface area (Å²) in [5.41, 5.74) is 0. The van der Waals surface area contributed by atoms with Gasteiger partial charge in [0.2, 0.25) is 0 Å². The molecule has 1 nitrogen and oxygen atoms in total. The molecule has 8 atom stereocenters. The van der Waals surface area contributed by atoms with Crippen LogP contribution in [-0.2, 0) is 4.74 Å². The molecule has 0 aromatic heterocycles. The topological polar surface area (TPSA) is 12.5 Å². The first-order valence-electron chi connectivity index (χ1n) is 6.25. The maximum atomic E-state index is 6.82. The summed E-state index contributed by atoms with van der Waals surface area (Å²) in [4.78, 5) is -2.17. The van der Waals surface area contributed by atoms with E-state index >= 15 is 0 Å². The van der Waals surface area contributed by atoms with Gasteiger partial charge in [-0.05, 0) is 30.1 Å². The average molecular weight is 381 g/mol. The third-order valence-corrected chi connectivity index (χ3v) is 10.2. The van der Waals surface area contributed by atoms with E-state index in [2.05, 4.69) is 0 Å². The van der Waals surface area contributed by atoms with Gasteiger partial charge >= 0.3 is 0 Å². The van der Waals surface area contributed by atoms with Crippen molar-refractivity contribution in [1.29, 1.82) is 0 Å². The Labute approximate surface area is 140 Å². The van der Waals surface area contributed by atoms with E-state index in [1.54, 1.807) is 0 Å². The second-order valence-corrected chi connectivity index (χ2v) is 9.58. The molecule has 0 aromatic carbocycles. The summed E-state index contributed by atoms with van der Waals surface area (Å²) in [6.07, 6.45) is 1.63. The van der Waals surface area contributed by atoms with E-state index in [1.807, 2.05) is 0 Å². The van der Waals surface area contributed by atoms with Crippen molar-refractivity contribution < 1.29 is 4.74 Å². The molecule has 1 saturated heterocycles. The molecular weight excluding hydrogens is 373 g/mol. The minimum absolute atomic E-state index is 0.0467. The van der Waals surface area contributed by atoms with Crippen LogP contribution >= 0.6 is 69.6 Å². The summed E-state index contributed by atoms with van der Waals surface area (Å²) in [7, 11) is 0. The van der Waals surface area contributed by atoms with Crippen LogP contribution in [0.15, 0.2) is 10.1 Å². The predicted molar refractivity (Wildman–Crippen MR) is 77.6 cm³/mol. The normalized spacial score (nSPS) is 66.6. The van der Waals surface area contributed by atoms with Crippen molar-refractivity contribution in [1.82, 2.24) is 0 Å². The first-order valence-corrected chi connectivity index (χ1v) is 8.52. The minimum atomic E-state index is -1.37. The summed E-state index contributed by atoms with van der Waals surface area (Å²) in [5.74, 6) is 0.776. The Morgan fingerprint density at radius 3 is 1.68 bits per heavy atom. The summed E-state index contributed by atoms with van der Waals surface area (Å²) in [6, 6.07) is 0. The molecule has 7 heteroatoms. The number of hydrogen-bond acceptors (Lipinski definition) is 1. The number of epoxide rings is 1. The van der Waals surface area contributed by atoms with E-state index in [0.29, 0.717) is 21.9 Å². The zero-order chi connectivity index (χ0) is 13.5. The largest absolute Gasteiger partial charge is 0.369 e. The van der Waals surface area contributed by atoms with Crippen LogP contribution in [0.4, 0.5) is 0 Å². The highest BCUT2D eigenvalue weighted by Gasteiger charge is 2.89. The Kier molecular flexibility index (Phi) is 2.18. The summed E-state index contributed by atoms with van der Waals surface area (Å²) >= 11 is 39.5. The van der Waals surface area contributed by atoms with Crippen LogP contribution in [0.25, 0.3) is 0 Å². The van der Waals surface area contributed by atoms with Gasteiger partial charge in [0.15, 0.2) is 4.33 Å². The Hall–Kier alpha value is 1.44. The fourth-order valence-corrected chi connectivity index (χ4v) is 8.43. The molecule has 104 valence electrons. The number of halogens is 6. The quantitative estimate of drug-likeness (QED) is 0.343. The summed E-state index contributed by atoms with van der Waals surface area (Å²) < 4.78 is 4.35. The smallest absolute Gasteiger partial charge is 0.166 e. The van der Waals surface area contributed by atoms with Crippen molar-refractivity contribution in [2.75, 3.05) is 0 Å². The lowest BCUT2D eigenvalue weighted by Gasteiger charge is -2.38. The molecule has 3 saturated carbocycles. The first-order chi connectivity index (χ1) is 8.78. The van der Waals surface area contributed by atoms with E-state index in [-0.39, 0.29) is 24.0 Å². The number of ether oxygens (including phenoxy) is 1. The average Bonchev–Trinajstić information content (AvgIpc) is 2.91. The lowest BCUT2D eigenvalue weighted by atomic mass is 9.73. The Balaban J connectivity index is 1.80. The van der Waals surface area contributed by atoms with E-state index < -0.39 is 14.1 Å². The lowest BCUT2D eigenvalue weighted by molar-refractivity contribution is 0.237. The van der Waals surface area contributed by atoms with Gasteiger partial charge in [0, 0.05) is 0 Å². The van der Waals surface area contributed by atoms with Crippen LogP contribution in [0.5, 0.6) is 0 Å². The standard InChI is InChI=1S/C12H8Cl6O/c13-8-9(14)11(16)5-3-1-2(6-7(3)19-6)4(5)10(8,15)12(11,17)18/h2-7H,1H2/t2-,3+,4-,5-,6-,7+,10+,11+/m1/s1. The van der Waals surface area contributed by atoms with Crippen LogP contribution < -0.4 is 0 Å². The van der Waals surface area contributed by atoms with Crippen LogP contribution in [0.1, 0.15) is 6.42 Å². The fraction of sp³-hybridized carbons (Fsp3) is 0.833. The number of fused-ring (bicyclic) bond motifs is 12. The van der Waals surface area contributed by atoms with Crippen molar-refractivity contribution in [3.8, 4) is 0 Å². The van der Waals surface area contributed by atoms with Crippen LogP contribution in [-0.4, -0.2) is 26.3 Å². The maximum absolute atomic E-state index is 6.82. The molecule has 5 aliphatic rings. The SMILES string of the molecule is ClC1=C(Cl)[C@@]2(Cl)[C@@H]3[C@H]4C[C@H]([C@@H]5O[C@H]45)[C@H]3[C@@]1(Cl)C2(Cl)Cl. The molecule has 4 bridgehead atoms. The highest BCUT2D eigenvalue weighted by atomic mass is 35.5. The van der Waals surface area contributed by atoms with Crippen molar-refractivity contribution in [3.05, 3.63) is 10.1 Å². The molecule has 0 aromatic rings. The van der Waals surface area contributed by atoms with E-state index in [4.69, 9.17) is 74.3 Å². The molecule has 0 N–H and O–H groups in total. The van der Waals surface area contributed by atoms with E-state index in [9.17, 15) is 0 Å². The van der Waals surface area contributed by atoms with Crippen molar-refractivity contribution in [2.45, 2.75) is 32.7 Å². The molecule has 4 fully saturated rings. The number of hydrogen-bond donors (Lipinski definition) is 0. The highest BCUT2D eigenvalue weighted by molar-refractivity contribution is 6.65. The number of rotatable bonds is 0. The van der Waals surface area contributed by atoms with Gasteiger partial charge in [-0.25, -0.2) is 0 Å². The molecule has 4 aliphatic carbocycles. The van der Waals surface area contributed by atoms with Gasteiger partial charge in [-0.15, -0.1) is 23.2 Å². The number of alkyl halides is 4. The van der Waals surface area contributed by atoms with Crippen LogP contribution in [0, 0.1) is 23.7 Å². The van der Waals surface area contributed by atoms with Gasteiger partial charge in [-0.1, -0.05) is 46.4 Å². The molecule has 0 spiro atoms. The highest BCUT2D eigenvalue weighted by Crippen LogP contribution is 2.84. The van der Waals surface area contributed by atoms with E-state index in [0.717, 1.165) is 6.42 Å². The molecule has 1 aliphatic heterocycles. The third kappa shape index (κ3) is 0.986. The second kappa shape index (κ2) is 3.20. The van der Waals surface area contributed by atoms with Crippen molar-refractivity contribution >= 4 is 69.6 Å². The monoisotopic (exact) mass is 378 g/mol. The van der Waals surface area contributed by atoms with Crippen molar-refractivity contribution in [2.24, 2.45) is 23.7 Å². The number of allylic oxidation sites excluding steroid dienone is 2. The molecule has 0 radical (unpaired) electrons. The second-order valence-electron chi connectivity index (χ2n) is 6.31. The summed E-state index contributed by atoms with van der Waals surface area (Å²) in [6.45, 7) is 0. The zero-order valence-corrected chi connectivity index (χ0v) is 13.9. The zero-order valence-electron chi connectivity index (χ0n) is 9.35. The van der Waals surface area contributed by atoms with Gasteiger partial charge in [0.05, 0.1) is 22.3 Å². The molecule has 0 unspecified atom stereocenters. The van der Waals surface area contributed by atoms with Gasteiger partial charge in [-0.3, -0.25) is 0 Å². The van der Waals surface area contributed by atoms with Crippen LogP contribution in [0.3, 0.4) is 0 Å². The van der Waals surface area contributed by atoms with Gasteiger partial charge in [-0.2, -0.15) is 0 Å². The molecular formula is C12H8Cl6O. The molecule has 5 rings (SSSR count). The van der Waals surface area contributed by atoms with Crippen LogP contribution in [0.2, 0.25) is 0 Å². The van der Waals surface area contributed by atoms with Gasteiger partial charge < -0.3 is 4.74 Å². The Morgan fingerprint density at radius 2 is 1.26 bits per heavy atom. The van der Waals surface area contributed by atoms with Gasteiger partial charge in [0.25, 0.3) is 0 Å². The molecule has 0 amide bonds. The maximum Gasteiger partial charge on any atom is 0.166 e. The molecule has 1 heterocycles. The third-order valence-electron chi connectivity index (χ3n) is 5.92. The van der Waals surface area contributed by atoms with E-state index in [1.165, 1.54) is 0 Å².